The minimum Gasteiger partial charge on any atom is -0.477 e. The van der Waals surface area contributed by atoms with Crippen LogP contribution in [0.1, 0.15) is 11.6 Å². The van der Waals surface area contributed by atoms with Gasteiger partial charge in [0.05, 0.1) is 6.20 Å². The molecule has 8 N–H and O–H groups in total. The van der Waals surface area contributed by atoms with E-state index in [0.717, 1.165) is 0 Å². The number of aromatic nitrogens is 3. The zero-order chi connectivity index (χ0) is 24.4. The molecule has 0 radical (unpaired) electrons. The number of primary amides is 1. The molecule has 2 unspecified atom stereocenters. The number of aromatic amines is 1. The van der Waals surface area contributed by atoms with Crippen LogP contribution in [-0.4, -0.2) is 72.2 Å². The molecular formula is C19H20N8O5S2. The van der Waals surface area contributed by atoms with E-state index in [4.69, 9.17) is 11.5 Å². The number of H-pyrrole nitrogens is 1. The van der Waals surface area contributed by atoms with Crippen LogP contribution in [0.3, 0.4) is 0 Å². The van der Waals surface area contributed by atoms with Gasteiger partial charge in [0.2, 0.25) is 5.91 Å². The lowest BCUT2D eigenvalue weighted by molar-refractivity contribution is -0.150. The van der Waals surface area contributed by atoms with Crippen molar-refractivity contribution in [3.05, 3.63) is 47.3 Å². The molecule has 1 saturated heterocycles. The van der Waals surface area contributed by atoms with Gasteiger partial charge in [-0.25, -0.2) is 9.59 Å². The van der Waals surface area contributed by atoms with Crippen LogP contribution in [0.2, 0.25) is 0 Å². The molecule has 4 rings (SSSR count). The normalized spacial score (nSPS) is 20.3. The number of carbonyl (C=O) groups excluding carboxylic acids is 3. The highest BCUT2D eigenvalue weighted by Crippen LogP contribution is 2.41. The lowest BCUT2D eigenvalue weighted by atomic mass is 10.0. The van der Waals surface area contributed by atoms with Crippen molar-refractivity contribution < 1.29 is 24.3 Å². The van der Waals surface area contributed by atoms with Crippen molar-refractivity contribution in [1.82, 2.24) is 25.6 Å². The first kappa shape index (κ1) is 23.6. The predicted molar refractivity (Wildman–Crippen MR) is 123 cm³/mol. The highest BCUT2D eigenvalue weighted by atomic mass is 32.2. The number of fused-ring (bicyclic) bond motifs is 1. The molecule has 2 aliphatic rings. The van der Waals surface area contributed by atoms with Gasteiger partial charge in [-0.2, -0.15) is 0 Å². The summed E-state index contributed by atoms with van der Waals surface area (Å²) in [7, 11) is 0. The van der Waals surface area contributed by atoms with Crippen LogP contribution in [0.5, 0.6) is 0 Å². The molecule has 2 aliphatic heterocycles. The van der Waals surface area contributed by atoms with Crippen molar-refractivity contribution in [2.75, 3.05) is 16.8 Å². The van der Waals surface area contributed by atoms with Crippen LogP contribution in [-0.2, 0) is 14.4 Å². The van der Waals surface area contributed by atoms with E-state index < -0.39 is 41.3 Å². The molecule has 0 aliphatic carbocycles. The molecule has 1 aromatic carbocycles. The van der Waals surface area contributed by atoms with E-state index in [9.17, 15) is 24.3 Å². The number of anilines is 1. The molecule has 13 nitrogen and oxygen atoms in total. The number of hydrogen-bond acceptors (Lipinski definition) is 9. The molecule has 15 heteroatoms. The third-order valence-electron chi connectivity index (χ3n) is 5.13. The number of β-lactam (4-membered cyclic amide) rings is 1. The zero-order valence-corrected chi connectivity index (χ0v) is 19.1. The second kappa shape index (κ2) is 9.74. The average molecular weight is 505 g/mol. The molecule has 178 valence electrons. The SMILES string of the molecule is NC(=O)Nc1cccc(C(N)C(=O)NC2C(=O)N3C(C(=O)O)=C(CSc4c[nH]nn4)CS[C@@H]23)c1. The fourth-order valence-electron chi connectivity index (χ4n) is 3.56. The topological polar surface area (TPSA) is 209 Å². The number of benzene rings is 1. The van der Waals surface area contributed by atoms with Crippen LogP contribution < -0.4 is 22.1 Å². The Bertz CT molecular complexity index is 1170. The Balaban J connectivity index is 1.44. The second-order valence-corrected chi connectivity index (χ2v) is 9.45. The monoisotopic (exact) mass is 504 g/mol. The third-order valence-corrected chi connectivity index (χ3v) is 7.46. The molecule has 0 bridgehead atoms. The van der Waals surface area contributed by atoms with Gasteiger partial charge in [-0.05, 0) is 23.3 Å². The number of carbonyl (C=O) groups is 4. The zero-order valence-electron chi connectivity index (χ0n) is 17.4. The number of aliphatic carboxylic acids is 1. The Morgan fingerprint density at radius 2 is 2.18 bits per heavy atom. The van der Waals surface area contributed by atoms with Gasteiger partial charge in [0.1, 0.15) is 28.2 Å². The number of nitrogens with zero attached hydrogens (tertiary/aromatic N) is 3. The summed E-state index contributed by atoms with van der Waals surface area (Å²) >= 11 is 2.66. The number of amides is 4. The average Bonchev–Trinajstić information content (AvgIpc) is 3.33. The van der Waals surface area contributed by atoms with E-state index in [1.54, 1.807) is 24.4 Å². The smallest absolute Gasteiger partial charge is 0.352 e. The maximum Gasteiger partial charge on any atom is 0.352 e. The lowest BCUT2D eigenvalue weighted by Gasteiger charge is -2.49. The summed E-state index contributed by atoms with van der Waals surface area (Å²) < 4.78 is 0. The minimum absolute atomic E-state index is 0.0789. The van der Waals surface area contributed by atoms with Crippen molar-refractivity contribution in [2.45, 2.75) is 22.5 Å². The fraction of sp³-hybridized carbons (Fsp3) is 0.263. The van der Waals surface area contributed by atoms with Crippen LogP contribution in [0.25, 0.3) is 0 Å². The number of thioether (sulfide) groups is 2. The first-order valence-electron chi connectivity index (χ1n) is 9.88. The number of hydrogen-bond donors (Lipinski definition) is 6. The Morgan fingerprint density at radius 1 is 1.38 bits per heavy atom. The third kappa shape index (κ3) is 4.71. The van der Waals surface area contributed by atoms with Crippen LogP contribution in [0.15, 0.2) is 46.8 Å². The molecule has 4 amide bonds. The van der Waals surface area contributed by atoms with E-state index in [1.165, 1.54) is 34.5 Å². The second-order valence-electron chi connectivity index (χ2n) is 7.35. The molecule has 2 aromatic rings. The highest BCUT2D eigenvalue weighted by molar-refractivity contribution is 8.01. The number of nitrogens with one attached hydrogen (secondary N) is 3. The summed E-state index contributed by atoms with van der Waals surface area (Å²) in [6, 6.07) is 3.51. The van der Waals surface area contributed by atoms with Crippen molar-refractivity contribution in [3.63, 3.8) is 0 Å². The van der Waals surface area contributed by atoms with E-state index in [-0.39, 0.29) is 5.70 Å². The number of nitrogens with two attached hydrogens (primary N) is 2. The van der Waals surface area contributed by atoms with Crippen molar-refractivity contribution in [3.8, 4) is 0 Å². The van der Waals surface area contributed by atoms with Crippen LogP contribution in [0, 0.1) is 0 Å². The summed E-state index contributed by atoms with van der Waals surface area (Å²) in [5, 5.41) is 24.9. The standard InChI is InChI=1S/C19H20N8O5S2/c20-12(8-2-1-3-10(4-8)23-19(21)32)15(28)24-13-16(29)27-14(18(30)31)9(7-34-17(13)27)6-33-11-5-22-26-25-11/h1-5,12-13,17H,6-7,20H2,(H,24,28)(H,30,31)(H3,21,23,32)(H,22,25,26)/t12?,13?,17-/m0/s1. The molecule has 0 spiro atoms. The van der Waals surface area contributed by atoms with E-state index in [2.05, 4.69) is 26.0 Å². The molecule has 1 fully saturated rings. The van der Waals surface area contributed by atoms with Crippen LogP contribution in [0.4, 0.5) is 10.5 Å². The van der Waals surface area contributed by atoms with Gasteiger partial charge in [0.25, 0.3) is 5.91 Å². The van der Waals surface area contributed by atoms with Gasteiger partial charge in [0, 0.05) is 17.2 Å². The van der Waals surface area contributed by atoms with Gasteiger partial charge in [0.15, 0.2) is 0 Å². The van der Waals surface area contributed by atoms with Crippen molar-refractivity contribution >= 4 is 53.0 Å². The fourth-order valence-corrected chi connectivity index (χ4v) is 5.83. The first-order valence-corrected chi connectivity index (χ1v) is 11.9. The molecule has 3 heterocycles. The highest BCUT2D eigenvalue weighted by Gasteiger charge is 2.54. The molecule has 34 heavy (non-hydrogen) atoms. The number of rotatable bonds is 8. The first-order chi connectivity index (χ1) is 16.3. The summed E-state index contributed by atoms with van der Waals surface area (Å²) in [5.41, 5.74) is 12.4. The number of carboxylic acids is 1. The molecule has 0 saturated carbocycles. The Kier molecular flexibility index (Phi) is 6.76. The Morgan fingerprint density at radius 3 is 2.85 bits per heavy atom. The lowest BCUT2D eigenvalue weighted by Crippen LogP contribution is -2.71. The van der Waals surface area contributed by atoms with E-state index in [1.807, 2.05) is 0 Å². The Hall–Kier alpha value is -3.56. The van der Waals surface area contributed by atoms with Crippen molar-refractivity contribution in [2.24, 2.45) is 11.5 Å². The largest absolute Gasteiger partial charge is 0.477 e. The maximum atomic E-state index is 12.8. The summed E-state index contributed by atoms with van der Waals surface area (Å²) in [5.74, 6) is -1.64. The predicted octanol–water partition coefficient (Wildman–Crippen LogP) is -0.174. The van der Waals surface area contributed by atoms with Gasteiger partial charge < -0.3 is 27.2 Å². The Labute approximate surface area is 201 Å². The maximum absolute atomic E-state index is 12.8. The van der Waals surface area contributed by atoms with Crippen LogP contribution >= 0.6 is 23.5 Å². The van der Waals surface area contributed by atoms with E-state index in [0.29, 0.717) is 33.4 Å². The van der Waals surface area contributed by atoms with Gasteiger partial charge in [-0.3, -0.25) is 19.6 Å². The number of urea groups is 1. The minimum atomic E-state index is -1.21. The molecule has 3 atom stereocenters. The van der Waals surface area contributed by atoms with Gasteiger partial charge in [-0.1, -0.05) is 29.1 Å². The summed E-state index contributed by atoms with van der Waals surface area (Å²) in [4.78, 5) is 49.7. The number of carboxylic acid groups (broad SMARTS) is 1. The van der Waals surface area contributed by atoms with Gasteiger partial charge in [-0.15, -0.1) is 16.9 Å². The van der Waals surface area contributed by atoms with Gasteiger partial charge >= 0.3 is 12.0 Å². The summed E-state index contributed by atoms with van der Waals surface area (Å²) in [6.07, 6.45) is 1.59. The van der Waals surface area contributed by atoms with Crippen molar-refractivity contribution in [1.29, 1.82) is 0 Å². The molecule has 1 aromatic heterocycles. The quantitative estimate of drug-likeness (QED) is 0.206. The summed E-state index contributed by atoms with van der Waals surface area (Å²) in [6.45, 7) is 0. The van der Waals surface area contributed by atoms with E-state index >= 15 is 0 Å². The molecular weight excluding hydrogens is 484 g/mol.